The number of nitrogens with zero attached hydrogens (tertiary/aromatic N) is 3. The number of amides is 3. The molecule has 2 heterocycles. The third-order valence-corrected chi connectivity index (χ3v) is 3.71. The molecular weight excluding hydrogens is 386 g/mol. The number of aliphatic hydroxyl groups is 1. The minimum Gasteiger partial charge on any atom is -0.388 e. The first kappa shape index (κ1) is 19.3. The van der Waals surface area contributed by atoms with Gasteiger partial charge in [0.05, 0.1) is 11.6 Å². The average Bonchev–Trinajstić information content (AvgIpc) is 3.16. The van der Waals surface area contributed by atoms with Gasteiger partial charge in [0, 0.05) is 17.4 Å². The van der Waals surface area contributed by atoms with Crippen LogP contribution in [0, 0.1) is 0 Å². The van der Waals surface area contributed by atoms with Crippen LogP contribution in [0.3, 0.4) is 0 Å². The number of aliphatic hydroxyl groups excluding tert-OH is 1. The van der Waals surface area contributed by atoms with Crippen LogP contribution in [0.25, 0.3) is 0 Å². The van der Waals surface area contributed by atoms with Gasteiger partial charge in [0.25, 0.3) is 5.91 Å². The molecule has 0 aliphatic carbocycles. The molecule has 3 rings (SSSR count). The molecular formula is C17H16ClN7O3. The van der Waals surface area contributed by atoms with Crippen molar-refractivity contribution >= 4 is 35.0 Å². The Morgan fingerprint density at radius 3 is 2.75 bits per heavy atom. The normalized spacial score (nSPS) is 10.4. The highest BCUT2D eigenvalue weighted by Crippen LogP contribution is 2.14. The number of aromatic amines is 1. The van der Waals surface area contributed by atoms with Gasteiger partial charge in [-0.1, -0.05) is 17.7 Å². The molecule has 0 atom stereocenters. The fourth-order valence-corrected chi connectivity index (χ4v) is 2.31. The molecule has 2 aromatic heterocycles. The van der Waals surface area contributed by atoms with Crippen LogP contribution in [-0.4, -0.2) is 37.2 Å². The summed E-state index contributed by atoms with van der Waals surface area (Å²) >= 11 is 5.77. The van der Waals surface area contributed by atoms with Gasteiger partial charge < -0.3 is 21.1 Å². The Balaban J connectivity index is 1.56. The Bertz CT molecular complexity index is 975. The number of hydrogen-bond acceptors (Lipinski definition) is 6. The van der Waals surface area contributed by atoms with E-state index in [0.29, 0.717) is 27.9 Å². The highest BCUT2D eigenvalue weighted by Gasteiger charge is 2.10. The highest BCUT2D eigenvalue weighted by atomic mass is 35.5. The van der Waals surface area contributed by atoms with E-state index in [4.69, 9.17) is 16.7 Å². The Kier molecular flexibility index (Phi) is 6.14. The van der Waals surface area contributed by atoms with E-state index in [9.17, 15) is 9.59 Å². The Labute approximate surface area is 164 Å². The zero-order valence-electron chi connectivity index (χ0n) is 14.4. The number of H-pyrrole nitrogens is 1. The van der Waals surface area contributed by atoms with Crippen molar-refractivity contribution in [2.24, 2.45) is 0 Å². The highest BCUT2D eigenvalue weighted by molar-refractivity contribution is 6.30. The number of rotatable bonds is 6. The molecule has 1 aromatic carbocycles. The predicted molar refractivity (Wildman–Crippen MR) is 102 cm³/mol. The van der Waals surface area contributed by atoms with E-state index in [1.165, 1.54) is 12.3 Å². The molecule has 10 nitrogen and oxygen atoms in total. The lowest BCUT2D eigenvalue weighted by Crippen LogP contribution is -2.28. The van der Waals surface area contributed by atoms with Gasteiger partial charge in [0.2, 0.25) is 0 Å². The second-order valence-electron chi connectivity index (χ2n) is 5.56. The molecule has 11 heteroatoms. The molecule has 0 radical (unpaired) electrons. The first-order valence-corrected chi connectivity index (χ1v) is 8.50. The maximum absolute atomic E-state index is 12.3. The smallest absolute Gasteiger partial charge is 0.319 e. The molecule has 0 aliphatic heterocycles. The zero-order valence-corrected chi connectivity index (χ0v) is 15.2. The SMILES string of the molecule is O=C(NCc1nc(CO)n[nH]1)Nc1cccc(C(=O)Nc2ccc(Cl)cn2)c1. The summed E-state index contributed by atoms with van der Waals surface area (Å²) in [6, 6.07) is 9.15. The monoisotopic (exact) mass is 401 g/mol. The number of pyridine rings is 1. The Morgan fingerprint density at radius 2 is 2.04 bits per heavy atom. The van der Waals surface area contributed by atoms with Crippen LogP contribution in [0.2, 0.25) is 5.02 Å². The number of aromatic nitrogens is 4. The Morgan fingerprint density at radius 1 is 1.18 bits per heavy atom. The minimum absolute atomic E-state index is 0.0985. The summed E-state index contributed by atoms with van der Waals surface area (Å²) in [6.45, 7) is -0.190. The molecule has 0 saturated carbocycles. The van der Waals surface area contributed by atoms with E-state index >= 15 is 0 Å². The fourth-order valence-electron chi connectivity index (χ4n) is 2.20. The summed E-state index contributed by atoms with van der Waals surface area (Å²) in [5.41, 5.74) is 0.778. The van der Waals surface area contributed by atoms with Gasteiger partial charge in [-0.25, -0.2) is 14.8 Å². The standard InChI is InChI=1S/C17H16ClN7O3/c18-11-4-5-13(19-7-11)23-16(27)10-2-1-3-12(6-10)21-17(28)20-8-14-22-15(9-26)25-24-14/h1-7,26H,8-9H2,(H,19,23,27)(H2,20,21,28)(H,22,24,25). The first-order chi connectivity index (χ1) is 13.5. The van der Waals surface area contributed by atoms with Crippen molar-refractivity contribution in [1.29, 1.82) is 0 Å². The van der Waals surface area contributed by atoms with Crippen LogP contribution < -0.4 is 16.0 Å². The number of benzene rings is 1. The molecule has 144 valence electrons. The number of urea groups is 1. The van der Waals surface area contributed by atoms with Gasteiger partial charge in [-0.05, 0) is 30.3 Å². The van der Waals surface area contributed by atoms with Gasteiger partial charge in [-0.3, -0.25) is 9.89 Å². The lowest BCUT2D eigenvalue weighted by Gasteiger charge is -2.09. The third kappa shape index (κ3) is 5.25. The molecule has 0 saturated heterocycles. The van der Waals surface area contributed by atoms with E-state index < -0.39 is 6.03 Å². The van der Waals surface area contributed by atoms with Crippen molar-refractivity contribution in [2.75, 3.05) is 10.6 Å². The van der Waals surface area contributed by atoms with Crippen molar-refractivity contribution in [3.8, 4) is 0 Å². The van der Waals surface area contributed by atoms with Crippen LogP contribution >= 0.6 is 11.6 Å². The second-order valence-corrected chi connectivity index (χ2v) is 6.00. The molecule has 3 amide bonds. The van der Waals surface area contributed by atoms with Crippen molar-refractivity contribution in [1.82, 2.24) is 25.5 Å². The number of nitrogens with one attached hydrogen (secondary N) is 4. The lowest BCUT2D eigenvalue weighted by atomic mass is 10.2. The molecule has 3 aromatic rings. The van der Waals surface area contributed by atoms with Gasteiger partial charge in [-0.2, -0.15) is 5.10 Å². The van der Waals surface area contributed by atoms with Crippen molar-refractivity contribution in [2.45, 2.75) is 13.2 Å². The van der Waals surface area contributed by atoms with Crippen LogP contribution in [-0.2, 0) is 13.2 Å². The van der Waals surface area contributed by atoms with Crippen molar-refractivity contribution in [3.05, 3.63) is 64.8 Å². The maximum Gasteiger partial charge on any atom is 0.319 e. The molecule has 28 heavy (non-hydrogen) atoms. The largest absolute Gasteiger partial charge is 0.388 e. The van der Waals surface area contributed by atoms with E-state index in [1.807, 2.05) is 0 Å². The summed E-state index contributed by atoms with van der Waals surface area (Å²) in [5, 5.41) is 23.6. The second kappa shape index (κ2) is 8.93. The van der Waals surface area contributed by atoms with Gasteiger partial charge >= 0.3 is 6.03 Å². The minimum atomic E-state index is -0.487. The topological polar surface area (TPSA) is 145 Å². The zero-order chi connectivity index (χ0) is 19.9. The van der Waals surface area contributed by atoms with Crippen LogP contribution in [0.1, 0.15) is 22.0 Å². The van der Waals surface area contributed by atoms with Crippen LogP contribution in [0.15, 0.2) is 42.6 Å². The van der Waals surface area contributed by atoms with Crippen molar-refractivity contribution < 1.29 is 14.7 Å². The summed E-state index contributed by atoms with van der Waals surface area (Å²) in [7, 11) is 0. The van der Waals surface area contributed by atoms with Crippen LogP contribution in [0.5, 0.6) is 0 Å². The quantitative estimate of drug-likeness (QED) is 0.426. The van der Waals surface area contributed by atoms with E-state index in [1.54, 1.807) is 30.3 Å². The van der Waals surface area contributed by atoms with E-state index in [-0.39, 0.29) is 24.9 Å². The Hall–Kier alpha value is -3.50. The number of halogens is 1. The van der Waals surface area contributed by atoms with Gasteiger partial charge in [-0.15, -0.1) is 0 Å². The number of anilines is 2. The van der Waals surface area contributed by atoms with Crippen molar-refractivity contribution in [3.63, 3.8) is 0 Å². The lowest BCUT2D eigenvalue weighted by molar-refractivity contribution is 0.102. The molecule has 0 fully saturated rings. The van der Waals surface area contributed by atoms with Gasteiger partial charge in [0.1, 0.15) is 18.2 Å². The number of carbonyl (C=O) groups excluding carboxylic acids is 2. The predicted octanol–water partition coefficient (Wildman–Crippen LogP) is 1.92. The molecule has 0 spiro atoms. The first-order valence-electron chi connectivity index (χ1n) is 8.12. The number of hydrogen-bond donors (Lipinski definition) is 5. The fraction of sp³-hybridized carbons (Fsp3) is 0.118. The summed E-state index contributed by atoms with van der Waals surface area (Å²) < 4.78 is 0. The summed E-state index contributed by atoms with van der Waals surface area (Å²) in [5.74, 6) is 0.630. The average molecular weight is 402 g/mol. The number of carbonyl (C=O) groups is 2. The molecule has 5 N–H and O–H groups in total. The van der Waals surface area contributed by atoms with E-state index in [2.05, 4.69) is 36.1 Å². The van der Waals surface area contributed by atoms with Gasteiger partial charge in [0.15, 0.2) is 5.82 Å². The van der Waals surface area contributed by atoms with E-state index in [0.717, 1.165) is 0 Å². The molecule has 0 bridgehead atoms. The maximum atomic E-state index is 12.3. The third-order valence-electron chi connectivity index (χ3n) is 3.49. The summed E-state index contributed by atoms with van der Waals surface area (Å²) in [6.07, 6.45) is 1.43. The summed E-state index contributed by atoms with van der Waals surface area (Å²) in [4.78, 5) is 32.3. The molecule has 0 unspecified atom stereocenters. The van der Waals surface area contributed by atoms with Crippen LogP contribution in [0.4, 0.5) is 16.3 Å². The molecule has 0 aliphatic rings.